The zero-order chi connectivity index (χ0) is 17.4. The van der Waals surface area contributed by atoms with E-state index in [0.717, 1.165) is 11.2 Å². The van der Waals surface area contributed by atoms with Crippen LogP contribution in [0, 0.1) is 6.92 Å². The lowest BCUT2D eigenvalue weighted by Gasteiger charge is -2.32. The van der Waals surface area contributed by atoms with Crippen LogP contribution in [-0.2, 0) is 15.9 Å². The van der Waals surface area contributed by atoms with E-state index in [4.69, 9.17) is 14.0 Å². The van der Waals surface area contributed by atoms with E-state index in [9.17, 15) is 0 Å². The summed E-state index contributed by atoms with van der Waals surface area (Å²) in [6.07, 6.45) is 3.76. The van der Waals surface area contributed by atoms with E-state index >= 15 is 0 Å². The highest BCUT2D eigenvalue weighted by Crippen LogP contribution is 2.36. The summed E-state index contributed by atoms with van der Waals surface area (Å²) in [6, 6.07) is 8.04. The van der Waals surface area contributed by atoms with Gasteiger partial charge in [0.15, 0.2) is 0 Å². The molecule has 0 saturated carbocycles. The number of hydrogen-bond donors (Lipinski definition) is 0. The largest absolute Gasteiger partial charge is 0.498 e. The van der Waals surface area contributed by atoms with E-state index in [2.05, 4.69) is 12.0 Å². The topological polar surface area (TPSA) is 45.5 Å². The molecule has 0 N–H and O–H groups in total. The molecule has 1 aromatic carbocycles. The van der Waals surface area contributed by atoms with Crippen LogP contribution in [0.15, 0.2) is 36.7 Å². The van der Waals surface area contributed by atoms with E-state index in [0.29, 0.717) is 13.2 Å². The summed E-state index contributed by atoms with van der Waals surface area (Å²) in [4.78, 5) is 0. The Labute approximate surface area is 144 Å². The number of ether oxygens (including phenoxy) is 1. The Morgan fingerprint density at radius 3 is 2.33 bits per heavy atom. The van der Waals surface area contributed by atoms with Gasteiger partial charge in [0.1, 0.15) is 12.4 Å². The van der Waals surface area contributed by atoms with Crippen molar-refractivity contribution >= 4 is 12.6 Å². The van der Waals surface area contributed by atoms with Crippen LogP contribution in [0.1, 0.15) is 33.3 Å². The fourth-order valence-electron chi connectivity index (χ4n) is 2.49. The number of benzene rings is 1. The molecule has 0 amide bonds. The highest BCUT2D eigenvalue weighted by atomic mass is 16.7. The molecule has 2 aromatic rings. The van der Waals surface area contributed by atoms with E-state index in [1.165, 1.54) is 5.56 Å². The molecule has 0 unspecified atom stereocenters. The molecular formula is C18H25BN2O3. The highest BCUT2D eigenvalue weighted by Gasteiger charge is 2.52. The molecule has 0 spiro atoms. The summed E-state index contributed by atoms with van der Waals surface area (Å²) in [5.74, 6) is 0.874. The minimum atomic E-state index is -0.373. The molecule has 3 rings (SSSR count). The van der Waals surface area contributed by atoms with Crippen LogP contribution in [0.2, 0.25) is 0 Å². The van der Waals surface area contributed by atoms with Crippen molar-refractivity contribution < 1.29 is 14.0 Å². The van der Waals surface area contributed by atoms with Gasteiger partial charge in [-0.15, -0.1) is 0 Å². The van der Waals surface area contributed by atoms with E-state index in [-0.39, 0.29) is 18.3 Å². The third kappa shape index (κ3) is 3.49. The van der Waals surface area contributed by atoms with Gasteiger partial charge >= 0.3 is 7.12 Å². The Hall–Kier alpha value is -1.79. The minimum Gasteiger partial charge on any atom is -0.492 e. The van der Waals surface area contributed by atoms with E-state index in [1.54, 1.807) is 6.20 Å². The van der Waals surface area contributed by atoms with Gasteiger partial charge in [-0.2, -0.15) is 5.10 Å². The van der Waals surface area contributed by atoms with Crippen molar-refractivity contribution in [3.63, 3.8) is 0 Å². The summed E-state index contributed by atoms with van der Waals surface area (Å²) < 4.78 is 19.7. The van der Waals surface area contributed by atoms with Gasteiger partial charge in [0, 0.05) is 17.9 Å². The molecule has 0 radical (unpaired) electrons. The summed E-state index contributed by atoms with van der Waals surface area (Å²) in [6.45, 7) is 11.5. The Morgan fingerprint density at radius 1 is 1.08 bits per heavy atom. The summed E-state index contributed by atoms with van der Waals surface area (Å²) >= 11 is 0. The molecular weight excluding hydrogens is 303 g/mol. The number of rotatable bonds is 5. The molecule has 1 saturated heterocycles. The maximum absolute atomic E-state index is 6.04. The Bertz CT molecular complexity index is 679. The molecule has 6 heteroatoms. The first-order valence-electron chi connectivity index (χ1n) is 8.34. The van der Waals surface area contributed by atoms with E-state index < -0.39 is 0 Å². The van der Waals surface area contributed by atoms with E-state index in [1.807, 2.05) is 62.8 Å². The smallest absolute Gasteiger partial charge is 0.492 e. The van der Waals surface area contributed by atoms with Gasteiger partial charge in [-0.1, -0.05) is 17.7 Å². The van der Waals surface area contributed by atoms with Crippen LogP contribution in [0.3, 0.4) is 0 Å². The van der Waals surface area contributed by atoms with Crippen molar-refractivity contribution in [2.45, 2.75) is 52.4 Å². The lowest BCUT2D eigenvalue weighted by molar-refractivity contribution is 0.00578. The molecule has 2 heterocycles. The first kappa shape index (κ1) is 17.1. The zero-order valence-corrected chi connectivity index (χ0v) is 15.1. The van der Waals surface area contributed by atoms with Gasteiger partial charge in [-0.05, 0) is 46.8 Å². The first-order chi connectivity index (χ1) is 11.3. The van der Waals surface area contributed by atoms with Gasteiger partial charge in [-0.3, -0.25) is 4.68 Å². The summed E-state index contributed by atoms with van der Waals surface area (Å²) in [5, 5.41) is 4.38. The predicted molar refractivity (Wildman–Crippen MR) is 94.6 cm³/mol. The maximum atomic E-state index is 6.04. The van der Waals surface area contributed by atoms with Crippen molar-refractivity contribution in [1.82, 2.24) is 9.78 Å². The van der Waals surface area contributed by atoms with Crippen LogP contribution in [0.4, 0.5) is 0 Å². The third-order valence-electron chi connectivity index (χ3n) is 4.79. The van der Waals surface area contributed by atoms with Crippen LogP contribution in [0.25, 0.3) is 0 Å². The number of nitrogens with zero attached hydrogens (tertiary/aromatic N) is 2. The van der Waals surface area contributed by atoms with Gasteiger partial charge in [0.05, 0.1) is 17.7 Å². The molecule has 1 aliphatic heterocycles. The Morgan fingerprint density at radius 2 is 1.71 bits per heavy atom. The molecule has 128 valence electrons. The quantitative estimate of drug-likeness (QED) is 0.792. The predicted octanol–water partition coefficient (Wildman–Crippen LogP) is 2.57. The normalized spacial score (nSPS) is 18.8. The first-order valence-corrected chi connectivity index (χ1v) is 8.34. The lowest BCUT2D eigenvalue weighted by atomic mass is 9.82. The summed E-state index contributed by atoms with van der Waals surface area (Å²) in [7, 11) is -0.373. The highest BCUT2D eigenvalue weighted by molar-refractivity contribution is 6.61. The molecule has 24 heavy (non-hydrogen) atoms. The van der Waals surface area contributed by atoms with Crippen molar-refractivity contribution in [2.75, 3.05) is 6.61 Å². The van der Waals surface area contributed by atoms with Gasteiger partial charge < -0.3 is 14.0 Å². The lowest BCUT2D eigenvalue weighted by Crippen LogP contribution is -2.41. The standard InChI is InChI=1S/C18H25BN2O3/c1-14-6-8-16(9-7-14)22-11-10-21-13-15(12-20-21)19-23-17(2,3)18(4,5)24-19/h6-9,12-13H,10-11H2,1-5H3. The zero-order valence-electron chi connectivity index (χ0n) is 15.1. The molecule has 0 atom stereocenters. The van der Waals surface area contributed by atoms with Crippen molar-refractivity contribution in [1.29, 1.82) is 0 Å². The average molecular weight is 328 g/mol. The number of hydrogen-bond acceptors (Lipinski definition) is 4. The average Bonchev–Trinajstić information content (AvgIpc) is 3.04. The van der Waals surface area contributed by atoms with Crippen molar-refractivity contribution in [3.8, 4) is 5.75 Å². The second kappa shape index (κ2) is 6.26. The second-order valence-corrected chi connectivity index (χ2v) is 7.29. The molecule has 0 bridgehead atoms. The second-order valence-electron chi connectivity index (χ2n) is 7.29. The Balaban J connectivity index is 1.55. The molecule has 1 aliphatic rings. The maximum Gasteiger partial charge on any atom is 0.498 e. The third-order valence-corrected chi connectivity index (χ3v) is 4.79. The number of aromatic nitrogens is 2. The van der Waals surface area contributed by atoms with Gasteiger partial charge in [0.25, 0.3) is 0 Å². The van der Waals surface area contributed by atoms with Crippen molar-refractivity contribution in [2.24, 2.45) is 0 Å². The monoisotopic (exact) mass is 328 g/mol. The van der Waals surface area contributed by atoms with Crippen LogP contribution in [0.5, 0.6) is 5.75 Å². The molecule has 0 aliphatic carbocycles. The van der Waals surface area contributed by atoms with Crippen LogP contribution < -0.4 is 10.2 Å². The SMILES string of the molecule is Cc1ccc(OCCn2cc(B3OC(C)(C)C(C)(C)O3)cn2)cc1. The number of aryl methyl sites for hydroxylation is 1. The van der Waals surface area contributed by atoms with Crippen LogP contribution >= 0.6 is 0 Å². The van der Waals surface area contributed by atoms with Gasteiger partial charge in [-0.25, -0.2) is 0 Å². The fraction of sp³-hybridized carbons (Fsp3) is 0.500. The summed E-state index contributed by atoms with van der Waals surface area (Å²) in [5.41, 5.74) is 1.48. The molecule has 1 fully saturated rings. The van der Waals surface area contributed by atoms with Crippen LogP contribution in [-0.4, -0.2) is 34.7 Å². The van der Waals surface area contributed by atoms with Crippen molar-refractivity contribution in [3.05, 3.63) is 42.2 Å². The Kier molecular flexibility index (Phi) is 4.45. The molecule has 1 aromatic heterocycles. The van der Waals surface area contributed by atoms with Gasteiger partial charge in [0.2, 0.25) is 0 Å². The molecule has 5 nitrogen and oxygen atoms in total. The fourth-order valence-corrected chi connectivity index (χ4v) is 2.49. The minimum absolute atomic E-state index is 0.339.